The van der Waals surface area contributed by atoms with Crippen molar-refractivity contribution in [3.05, 3.63) is 0 Å². The van der Waals surface area contributed by atoms with Gasteiger partial charge in [-0.25, -0.2) is 8.42 Å². The van der Waals surface area contributed by atoms with Crippen molar-refractivity contribution in [3.8, 4) is 0 Å². The average molecular weight is 262 g/mol. The molecule has 17 heavy (non-hydrogen) atoms. The van der Waals surface area contributed by atoms with Gasteiger partial charge in [-0.2, -0.15) is 4.31 Å². The lowest BCUT2D eigenvalue weighted by atomic mass is 10.1. The minimum absolute atomic E-state index is 0.0588. The van der Waals surface area contributed by atoms with Crippen molar-refractivity contribution in [2.45, 2.75) is 58.5 Å². The molecule has 0 saturated carbocycles. The van der Waals surface area contributed by atoms with E-state index in [0.29, 0.717) is 6.54 Å². The highest BCUT2D eigenvalue weighted by molar-refractivity contribution is 7.89. The van der Waals surface area contributed by atoms with E-state index in [9.17, 15) is 8.42 Å². The van der Waals surface area contributed by atoms with Gasteiger partial charge in [0.1, 0.15) is 0 Å². The molecule has 1 rings (SSSR count). The summed E-state index contributed by atoms with van der Waals surface area (Å²) in [5, 5.41) is 3.31. The molecular formula is C12H26N2O2S. The van der Waals surface area contributed by atoms with Gasteiger partial charge in [0.05, 0.1) is 5.75 Å². The second-order valence-electron chi connectivity index (χ2n) is 5.13. The Kier molecular flexibility index (Phi) is 5.89. The van der Waals surface area contributed by atoms with Crippen LogP contribution in [0, 0.1) is 0 Å². The Labute approximate surface area is 106 Å². The van der Waals surface area contributed by atoms with E-state index in [0.717, 1.165) is 25.8 Å². The fourth-order valence-electron chi connectivity index (χ4n) is 2.36. The van der Waals surface area contributed by atoms with Crippen molar-refractivity contribution < 1.29 is 8.42 Å². The Bertz CT molecular complexity index is 308. The number of sulfonamides is 1. The standard InChI is InChI=1S/C12H26N2O2S/c1-4-9-14(11(2)3)17(15,16)10-12-7-5-6-8-13-12/h11-13H,4-10H2,1-3H3. The second-order valence-corrected chi connectivity index (χ2v) is 7.10. The van der Waals surface area contributed by atoms with Crippen LogP contribution in [0.25, 0.3) is 0 Å². The normalized spacial score (nSPS) is 22.3. The van der Waals surface area contributed by atoms with Gasteiger partial charge in [0.15, 0.2) is 0 Å². The summed E-state index contributed by atoms with van der Waals surface area (Å²) in [5.74, 6) is 0.255. The number of hydrogen-bond donors (Lipinski definition) is 1. The van der Waals surface area contributed by atoms with Crippen molar-refractivity contribution in [2.24, 2.45) is 0 Å². The van der Waals surface area contributed by atoms with E-state index in [1.54, 1.807) is 4.31 Å². The summed E-state index contributed by atoms with van der Waals surface area (Å²) >= 11 is 0. The Hall–Kier alpha value is -0.130. The summed E-state index contributed by atoms with van der Waals surface area (Å²) in [4.78, 5) is 0. The van der Waals surface area contributed by atoms with Gasteiger partial charge >= 0.3 is 0 Å². The fraction of sp³-hybridized carbons (Fsp3) is 1.00. The molecule has 1 unspecified atom stereocenters. The minimum Gasteiger partial charge on any atom is -0.313 e. The van der Waals surface area contributed by atoms with Gasteiger partial charge < -0.3 is 5.32 Å². The molecule has 0 spiro atoms. The summed E-state index contributed by atoms with van der Waals surface area (Å²) in [6.45, 7) is 7.50. The van der Waals surface area contributed by atoms with Crippen LogP contribution in [-0.2, 0) is 10.0 Å². The van der Waals surface area contributed by atoms with Crippen LogP contribution in [0.4, 0.5) is 0 Å². The Balaban J connectivity index is 2.63. The number of rotatable bonds is 6. The summed E-state index contributed by atoms with van der Waals surface area (Å²) in [5.41, 5.74) is 0. The second kappa shape index (κ2) is 6.71. The van der Waals surface area contributed by atoms with Crippen molar-refractivity contribution in [3.63, 3.8) is 0 Å². The van der Waals surface area contributed by atoms with E-state index in [4.69, 9.17) is 0 Å². The summed E-state index contributed by atoms with van der Waals surface area (Å²) in [6.07, 6.45) is 4.16. The number of piperidine rings is 1. The van der Waals surface area contributed by atoms with E-state index in [1.807, 2.05) is 20.8 Å². The van der Waals surface area contributed by atoms with E-state index in [2.05, 4.69) is 5.32 Å². The molecule has 1 atom stereocenters. The maximum atomic E-state index is 12.3. The van der Waals surface area contributed by atoms with E-state index >= 15 is 0 Å². The lowest BCUT2D eigenvalue weighted by Crippen LogP contribution is -2.46. The largest absolute Gasteiger partial charge is 0.313 e. The third kappa shape index (κ3) is 4.56. The van der Waals surface area contributed by atoms with Crippen molar-refractivity contribution in [2.75, 3.05) is 18.8 Å². The molecule has 0 aromatic carbocycles. The Morgan fingerprint density at radius 1 is 1.35 bits per heavy atom. The molecule has 0 aromatic heterocycles. The third-order valence-electron chi connectivity index (χ3n) is 3.20. The molecule has 0 radical (unpaired) electrons. The first-order valence-electron chi connectivity index (χ1n) is 6.70. The minimum atomic E-state index is -3.11. The molecule has 1 saturated heterocycles. The smallest absolute Gasteiger partial charge is 0.215 e. The lowest BCUT2D eigenvalue weighted by molar-refractivity contribution is 0.345. The molecule has 102 valence electrons. The Morgan fingerprint density at radius 2 is 2.06 bits per heavy atom. The monoisotopic (exact) mass is 262 g/mol. The van der Waals surface area contributed by atoms with Crippen LogP contribution in [0.3, 0.4) is 0 Å². The van der Waals surface area contributed by atoms with Crippen LogP contribution < -0.4 is 5.32 Å². The van der Waals surface area contributed by atoms with Crippen LogP contribution >= 0.6 is 0 Å². The van der Waals surface area contributed by atoms with Gasteiger partial charge in [-0.15, -0.1) is 0 Å². The predicted octanol–water partition coefficient (Wildman–Crippen LogP) is 1.58. The first-order valence-corrected chi connectivity index (χ1v) is 8.31. The number of nitrogens with zero attached hydrogens (tertiary/aromatic N) is 1. The first-order chi connectivity index (χ1) is 7.97. The third-order valence-corrected chi connectivity index (χ3v) is 5.34. The molecule has 0 amide bonds. The van der Waals surface area contributed by atoms with Crippen LogP contribution in [0.2, 0.25) is 0 Å². The summed E-state index contributed by atoms with van der Waals surface area (Å²) < 4.78 is 26.3. The number of nitrogens with one attached hydrogen (secondary N) is 1. The maximum absolute atomic E-state index is 12.3. The molecule has 0 aliphatic carbocycles. The SMILES string of the molecule is CCCN(C(C)C)S(=O)(=O)CC1CCCCN1. The molecule has 1 N–H and O–H groups in total. The lowest BCUT2D eigenvalue weighted by Gasteiger charge is -2.29. The molecule has 1 aliphatic heterocycles. The van der Waals surface area contributed by atoms with Gasteiger partial charge in [0.25, 0.3) is 0 Å². The van der Waals surface area contributed by atoms with Crippen LogP contribution in [-0.4, -0.2) is 43.6 Å². The highest BCUT2D eigenvalue weighted by atomic mass is 32.2. The zero-order valence-corrected chi connectivity index (χ0v) is 12.1. The molecule has 5 heteroatoms. The zero-order chi connectivity index (χ0) is 12.9. The quantitative estimate of drug-likeness (QED) is 0.790. The first kappa shape index (κ1) is 14.9. The topological polar surface area (TPSA) is 49.4 Å². The fourth-order valence-corrected chi connectivity index (χ4v) is 4.44. The van der Waals surface area contributed by atoms with Gasteiger partial charge in [-0.05, 0) is 39.7 Å². The van der Waals surface area contributed by atoms with Gasteiger partial charge in [0, 0.05) is 18.6 Å². The van der Waals surface area contributed by atoms with Crippen molar-refractivity contribution in [1.29, 1.82) is 0 Å². The molecule has 1 fully saturated rings. The molecule has 0 aromatic rings. The molecule has 1 aliphatic rings. The van der Waals surface area contributed by atoms with E-state index in [-0.39, 0.29) is 17.8 Å². The van der Waals surface area contributed by atoms with Crippen molar-refractivity contribution in [1.82, 2.24) is 9.62 Å². The molecule has 1 heterocycles. The maximum Gasteiger partial charge on any atom is 0.215 e. The van der Waals surface area contributed by atoms with Gasteiger partial charge in [-0.3, -0.25) is 0 Å². The van der Waals surface area contributed by atoms with E-state index in [1.165, 1.54) is 6.42 Å². The zero-order valence-electron chi connectivity index (χ0n) is 11.3. The molecule has 4 nitrogen and oxygen atoms in total. The summed E-state index contributed by atoms with van der Waals surface area (Å²) in [7, 11) is -3.11. The van der Waals surface area contributed by atoms with Crippen LogP contribution in [0.15, 0.2) is 0 Å². The van der Waals surface area contributed by atoms with Gasteiger partial charge in [-0.1, -0.05) is 13.3 Å². The predicted molar refractivity (Wildman–Crippen MR) is 71.6 cm³/mol. The molecule has 0 bridgehead atoms. The molecular weight excluding hydrogens is 236 g/mol. The van der Waals surface area contributed by atoms with Crippen LogP contribution in [0.1, 0.15) is 46.5 Å². The van der Waals surface area contributed by atoms with Crippen LogP contribution in [0.5, 0.6) is 0 Å². The van der Waals surface area contributed by atoms with Gasteiger partial charge in [0.2, 0.25) is 10.0 Å². The Morgan fingerprint density at radius 3 is 2.53 bits per heavy atom. The average Bonchev–Trinajstić information content (AvgIpc) is 2.26. The van der Waals surface area contributed by atoms with Crippen molar-refractivity contribution >= 4 is 10.0 Å². The highest BCUT2D eigenvalue weighted by Crippen LogP contribution is 2.14. The number of hydrogen-bond acceptors (Lipinski definition) is 3. The van der Waals surface area contributed by atoms with E-state index < -0.39 is 10.0 Å². The highest BCUT2D eigenvalue weighted by Gasteiger charge is 2.28. The summed E-state index contributed by atoms with van der Waals surface area (Å²) in [6, 6.07) is 0.204.